The fourth-order valence-corrected chi connectivity index (χ4v) is 1.95. The Morgan fingerprint density at radius 3 is 2.89 bits per heavy atom. The Balaban J connectivity index is 2.23. The van der Waals surface area contributed by atoms with Gasteiger partial charge in [-0.25, -0.2) is 9.97 Å². The summed E-state index contributed by atoms with van der Waals surface area (Å²) in [6.45, 7) is 0. The normalized spacial score (nSPS) is 10.7. The topological polar surface area (TPSA) is 84.7 Å². The van der Waals surface area contributed by atoms with Gasteiger partial charge in [-0.3, -0.25) is 4.79 Å². The zero-order valence-electron chi connectivity index (χ0n) is 9.42. The molecule has 0 saturated carbocycles. The smallest absolute Gasteiger partial charge is 0.249 e. The number of benzene rings is 1. The van der Waals surface area contributed by atoms with Crippen LogP contribution in [0.1, 0.15) is 10.4 Å². The minimum atomic E-state index is -0.449. The van der Waals surface area contributed by atoms with Crippen LogP contribution in [0.2, 0.25) is 0 Å². The van der Waals surface area contributed by atoms with Crippen molar-refractivity contribution in [2.75, 3.05) is 0 Å². The van der Waals surface area contributed by atoms with Crippen LogP contribution >= 0.6 is 0 Å². The summed E-state index contributed by atoms with van der Waals surface area (Å²) in [5.41, 5.74) is 8.16. The summed E-state index contributed by atoms with van der Waals surface area (Å²) >= 11 is 0. The summed E-state index contributed by atoms with van der Waals surface area (Å²) in [5, 5.41) is 0.895. The Morgan fingerprint density at radius 1 is 1.28 bits per heavy atom. The number of aromatic amines is 1. The number of carbonyl (C=O) groups is 1. The maximum atomic E-state index is 11.4. The van der Waals surface area contributed by atoms with Crippen molar-refractivity contribution in [2.24, 2.45) is 5.73 Å². The Hall–Kier alpha value is -2.69. The van der Waals surface area contributed by atoms with Crippen LogP contribution in [0.3, 0.4) is 0 Å². The molecule has 0 atom stereocenters. The van der Waals surface area contributed by atoms with Crippen molar-refractivity contribution < 1.29 is 4.79 Å². The van der Waals surface area contributed by atoms with Gasteiger partial charge in [-0.1, -0.05) is 18.2 Å². The van der Waals surface area contributed by atoms with Gasteiger partial charge >= 0.3 is 0 Å². The highest BCUT2D eigenvalue weighted by Crippen LogP contribution is 2.25. The van der Waals surface area contributed by atoms with Crippen LogP contribution in [0, 0.1) is 0 Å². The van der Waals surface area contributed by atoms with E-state index in [-0.39, 0.29) is 0 Å². The first-order chi connectivity index (χ1) is 8.75. The summed E-state index contributed by atoms with van der Waals surface area (Å²) in [5.74, 6) is -0.449. The fourth-order valence-electron chi connectivity index (χ4n) is 1.95. The number of amides is 1. The number of fused-ring (bicyclic) bond motifs is 1. The number of carbonyl (C=O) groups excluding carboxylic acids is 1. The minimum absolute atomic E-state index is 0.449. The summed E-state index contributed by atoms with van der Waals surface area (Å²) in [6.07, 6.45) is 3.19. The summed E-state index contributed by atoms with van der Waals surface area (Å²) in [7, 11) is 0. The summed E-state index contributed by atoms with van der Waals surface area (Å²) < 4.78 is 0. The van der Waals surface area contributed by atoms with Crippen LogP contribution in [0.15, 0.2) is 42.9 Å². The number of nitrogens with one attached hydrogen (secondary N) is 1. The Bertz CT molecular complexity index is 699. The number of hydrogen-bond donors (Lipinski definition) is 2. The second-order valence-corrected chi connectivity index (χ2v) is 3.92. The van der Waals surface area contributed by atoms with Gasteiger partial charge in [-0.05, 0) is 12.1 Å². The van der Waals surface area contributed by atoms with Crippen molar-refractivity contribution in [1.29, 1.82) is 0 Å². The van der Waals surface area contributed by atoms with E-state index >= 15 is 0 Å². The zero-order valence-corrected chi connectivity index (χ0v) is 9.42. The van der Waals surface area contributed by atoms with E-state index in [0.717, 1.165) is 22.3 Å². The third-order valence-corrected chi connectivity index (χ3v) is 2.78. The molecule has 3 N–H and O–H groups in total. The van der Waals surface area contributed by atoms with Gasteiger partial charge in [0, 0.05) is 28.4 Å². The molecule has 1 amide bonds. The molecule has 0 spiro atoms. The van der Waals surface area contributed by atoms with Crippen LogP contribution in [-0.4, -0.2) is 20.9 Å². The lowest BCUT2D eigenvalue weighted by molar-refractivity contribution is 0.100. The van der Waals surface area contributed by atoms with E-state index in [0.29, 0.717) is 5.56 Å². The molecular weight excluding hydrogens is 228 g/mol. The van der Waals surface area contributed by atoms with E-state index in [4.69, 9.17) is 5.73 Å². The van der Waals surface area contributed by atoms with Gasteiger partial charge in [-0.15, -0.1) is 0 Å². The molecule has 5 heteroatoms. The van der Waals surface area contributed by atoms with Gasteiger partial charge in [0.05, 0.1) is 0 Å². The maximum Gasteiger partial charge on any atom is 0.249 e. The first kappa shape index (κ1) is 10.5. The molecule has 5 nitrogen and oxygen atoms in total. The molecule has 0 aliphatic carbocycles. The lowest BCUT2D eigenvalue weighted by Gasteiger charge is -2.03. The molecule has 0 aliphatic heterocycles. The van der Waals surface area contributed by atoms with Gasteiger partial charge in [0.2, 0.25) is 5.91 Å². The number of nitrogens with two attached hydrogens (primary N) is 1. The van der Waals surface area contributed by atoms with Gasteiger partial charge in [0.25, 0.3) is 0 Å². The van der Waals surface area contributed by atoms with Gasteiger partial charge in [-0.2, -0.15) is 0 Å². The minimum Gasteiger partial charge on any atom is -0.366 e. The van der Waals surface area contributed by atoms with Crippen molar-refractivity contribution in [2.45, 2.75) is 0 Å². The predicted octanol–water partition coefficient (Wildman–Crippen LogP) is 1.72. The molecule has 0 aliphatic rings. The van der Waals surface area contributed by atoms with E-state index in [1.165, 1.54) is 6.33 Å². The second-order valence-electron chi connectivity index (χ2n) is 3.92. The first-order valence-corrected chi connectivity index (χ1v) is 5.43. The summed E-state index contributed by atoms with van der Waals surface area (Å²) in [6, 6.07) is 9.09. The van der Waals surface area contributed by atoms with Crippen LogP contribution in [0.5, 0.6) is 0 Å². The van der Waals surface area contributed by atoms with Gasteiger partial charge < -0.3 is 10.7 Å². The van der Waals surface area contributed by atoms with E-state index in [9.17, 15) is 4.79 Å². The molecular formula is C13H10N4O. The first-order valence-electron chi connectivity index (χ1n) is 5.43. The van der Waals surface area contributed by atoms with Crippen molar-refractivity contribution in [3.8, 4) is 11.3 Å². The molecule has 0 unspecified atom stereocenters. The number of rotatable bonds is 2. The molecule has 2 heterocycles. The van der Waals surface area contributed by atoms with Crippen LogP contribution < -0.4 is 5.73 Å². The largest absolute Gasteiger partial charge is 0.366 e. The molecule has 0 radical (unpaired) electrons. The number of hydrogen-bond acceptors (Lipinski definition) is 3. The molecule has 18 heavy (non-hydrogen) atoms. The maximum absolute atomic E-state index is 11.4. The molecule has 0 bridgehead atoms. The number of H-pyrrole nitrogens is 1. The molecule has 3 rings (SSSR count). The Kier molecular flexibility index (Phi) is 2.30. The van der Waals surface area contributed by atoms with E-state index in [1.54, 1.807) is 18.3 Å². The van der Waals surface area contributed by atoms with E-state index < -0.39 is 5.91 Å². The number of primary amides is 1. The highest BCUT2D eigenvalue weighted by molar-refractivity contribution is 6.00. The number of aromatic nitrogens is 3. The Morgan fingerprint density at radius 2 is 2.11 bits per heavy atom. The highest BCUT2D eigenvalue weighted by atomic mass is 16.1. The van der Waals surface area contributed by atoms with Gasteiger partial charge in [0.15, 0.2) is 0 Å². The average molecular weight is 238 g/mol. The van der Waals surface area contributed by atoms with Gasteiger partial charge in [0.1, 0.15) is 12.0 Å². The standard InChI is InChI=1S/C13H10N4O/c14-12(18)10-4-2-1-3-9(10)11-5-8-6-15-7-16-13(8)17-11/h1-7H,(H2,14,18)(H,15,16,17). The van der Waals surface area contributed by atoms with E-state index in [1.807, 2.05) is 18.2 Å². The molecule has 88 valence electrons. The van der Waals surface area contributed by atoms with Crippen LogP contribution in [0.25, 0.3) is 22.3 Å². The highest BCUT2D eigenvalue weighted by Gasteiger charge is 2.11. The van der Waals surface area contributed by atoms with Crippen molar-refractivity contribution >= 4 is 16.9 Å². The zero-order chi connectivity index (χ0) is 12.5. The summed E-state index contributed by atoms with van der Waals surface area (Å²) in [4.78, 5) is 22.6. The van der Waals surface area contributed by atoms with Crippen molar-refractivity contribution in [1.82, 2.24) is 15.0 Å². The molecule has 0 saturated heterocycles. The third-order valence-electron chi connectivity index (χ3n) is 2.78. The molecule has 3 aromatic rings. The third kappa shape index (κ3) is 1.62. The molecule has 0 fully saturated rings. The Labute approximate surface area is 103 Å². The SMILES string of the molecule is NC(=O)c1ccccc1-c1cc2cncnc2[nH]1. The molecule has 1 aromatic carbocycles. The van der Waals surface area contributed by atoms with Crippen LogP contribution in [-0.2, 0) is 0 Å². The quantitative estimate of drug-likeness (QED) is 0.712. The average Bonchev–Trinajstić information content (AvgIpc) is 2.82. The lowest BCUT2D eigenvalue weighted by atomic mass is 10.0. The monoisotopic (exact) mass is 238 g/mol. The van der Waals surface area contributed by atoms with Crippen molar-refractivity contribution in [3.63, 3.8) is 0 Å². The second kappa shape index (κ2) is 3.96. The van der Waals surface area contributed by atoms with E-state index in [2.05, 4.69) is 15.0 Å². The predicted molar refractivity (Wildman–Crippen MR) is 67.8 cm³/mol. The molecule has 2 aromatic heterocycles. The fraction of sp³-hybridized carbons (Fsp3) is 0. The van der Waals surface area contributed by atoms with Crippen molar-refractivity contribution in [3.05, 3.63) is 48.4 Å². The van der Waals surface area contributed by atoms with Crippen LogP contribution in [0.4, 0.5) is 0 Å². The number of nitrogens with zero attached hydrogens (tertiary/aromatic N) is 2. The lowest BCUT2D eigenvalue weighted by Crippen LogP contribution is -2.12.